The van der Waals surface area contributed by atoms with E-state index in [9.17, 15) is 4.11 Å². The summed E-state index contributed by atoms with van der Waals surface area (Å²) in [5, 5.41) is -0.388. The molecule has 0 aliphatic heterocycles. The van der Waals surface area contributed by atoms with Crippen LogP contribution in [0.1, 0.15) is 16.4 Å². The molecule has 2 aromatic heterocycles. The highest BCUT2D eigenvalue weighted by Gasteiger charge is 2.18. The van der Waals surface area contributed by atoms with Gasteiger partial charge in [0, 0.05) is 33.2 Å². The number of hydrogen-bond acceptors (Lipinski definition) is 3. The molecule has 0 amide bonds. The van der Waals surface area contributed by atoms with Crippen LogP contribution in [0.25, 0.3) is 95.0 Å². The molecule has 0 aliphatic carbocycles. The minimum absolute atomic E-state index is 0.0800. The van der Waals surface area contributed by atoms with E-state index in [0.29, 0.717) is 28.3 Å². The summed E-state index contributed by atoms with van der Waals surface area (Å²) in [5.74, 6) is 0.866. The highest BCUT2D eigenvalue weighted by atomic mass is 15.0. The van der Waals surface area contributed by atoms with Crippen molar-refractivity contribution in [2.45, 2.75) is 0 Å². The highest BCUT2D eigenvalue weighted by Crippen LogP contribution is 2.38. The second-order valence-electron chi connectivity index (χ2n) is 12.7. The van der Waals surface area contributed by atoms with Gasteiger partial charge < -0.3 is 4.57 Å². The summed E-state index contributed by atoms with van der Waals surface area (Å²) < 4.78 is 108. The van der Waals surface area contributed by atoms with Gasteiger partial charge in [0.15, 0.2) is 17.5 Å². The summed E-state index contributed by atoms with van der Waals surface area (Å²) in [6, 6.07) is 34.9. The van der Waals surface area contributed by atoms with Gasteiger partial charge in [0.05, 0.1) is 27.5 Å². The van der Waals surface area contributed by atoms with E-state index in [0.717, 1.165) is 26.8 Å². The molecule has 10 rings (SSSR count). The van der Waals surface area contributed by atoms with Gasteiger partial charge in [-0.2, -0.15) is 0 Å². The summed E-state index contributed by atoms with van der Waals surface area (Å²) in [6.45, 7) is 0. The molecule has 4 heteroatoms. The van der Waals surface area contributed by atoms with Gasteiger partial charge in [0.1, 0.15) is 0 Å². The second-order valence-corrected chi connectivity index (χ2v) is 12.7. The van der Waals surface area contributed by atoms with E-state index in [-0.39, 0.29) is 38.8 Å². The zero-order valence-electron chi connectivity index (χ0n) is 41.0. The van der Waals surface area contributed by atoms with Gasteiger partial charge in [-0.05, 0) is 63.6 Å². The molecule has 2 heterocycles. The number of nitrogens with zero attached hydrogens (tertiary/aromatic N) is 4. The smallest absolute Gasteiger partial charge is 0.164 e. The van der Waals surface area contributed by atoms with Crippen LogP contribution in [0, 0.1) is 0 Å². The Bertz CT molecular complexity index is 3510. The number of rotatable bonds is 7. The molecule has 0 N–H and O–H groups in total. The van der Waals surface area contributed by atoms with Crippen molar-refractivity contribution in [2.24, 2.45) is 0 Å². The number of aromatic nitrogens is 4. The largest absolute Gasteiger partial charge is 0.309 e. The maximum atomic E-state index is 9.86. The summed E-state index contributed by atoms with van der Waals surface area (Å²) in [4.78, 5) is 14.9. The Morgan fingerprint density at radius 1 is 0.345 bits per heavy atom. The lowest BCUT2D eigenvalue weighted by Crippen LogP contribution is -2.01. The van der Waals surface area contributed by atoms with Crippen LogP contribution in [-0.2, 0) is 0 Å². The summed E-state index contributed by atoms with van der Waals surface area (Å²) in [7, 11) is 0. The van der Waals surface area contributed by atoms with Crippen molar-refractivity contribution in [1.29, 1.82) is 0 Å². The molecule has 0 saturated carbocycles. The lowest BCUT2D eigenvalue weighted by molar-refractivity contribution is 1.07. The van der Waals surface area contributed by atoms with Gasteiger partial charge in [-0.25, -0.2) is 15.0 Å². The first-order chi connectivity index (χ1) is 32.3. The van der Waals surface area contributed by atoms with Crippen molar-refractivity contribution in [2.75, 3.05) is 0 Å². The third-order valence-corrected chi connectivity index (χ3v) is 9.44. The fraction of sp³-hybridized carbons (Fsp3) is 0. The van der Waals surface area contributed by atoms with Crippen molar-refractivity contribution in [3.63, 3.8) is 0 Å². The van der Waals surface area contributed by atoms with E-state index in [1.165, 1.54) is 0 Å². The highest BCUT2D eigenvalue weighted by molar-refractivity contribution is 6.10. The Balaban J connectivity index is 1.23. The Kier molecular flexibility index (Phi) is 5.52. The lowest BCUT2D eigenvalue weighted by atomic mass is 9.97. The van der Waals surface area contributed by atoms with Crippen molar-refractivity contribution < 1.29 is 16.4 Å². The van der Waals surface area contributed by atoms with Gasteiger partial charge in [0.2, 0.25) is 0 Å². The predicted molar refractivity (Wildman–Crippen MR) is 227 cm³/mol. The SMILES string of the molecule is [2H]c1c([2H])c([2H])c(-n2c3c([2H])c([2H])c([2H])c([2H])c3c3c([2H])c(-c4ccccc4-c4nc(-c5ccc(-c6ccccc6)cc5)nc(-c5ccc(-c6ccccc6)cc5)n4)c([2H])c([2H])c32)c([2H])c1[2H]. The van der Waals surface area contributed by atoms with Gasteiger partial charge in [0.25, 0.3) is 0 Å². The van der Waals surface area contributed by atoms with Crippen LogP contribution in [0.3, 0.4) is 0 Å². The first kappa shape index (κ1) is 21.9. The standard InChI is InChI=1S/C51H34N4/c1-4-14-35(15-5-1)37-24-28-39(29-25-37)49-52-50(40-30-26-38(27-31-40)36-16-6-2-7-17-36)54-51(53-49)45-22-11-10-20-43(45)41-32-33-48-46(34-41)44-21-12-13-23-47(44)55(48)42-18-8-3-9-19-42/h1-34H/i3D,8D,9D,12D,13D,18D,19D,21D,23D,32D,33D,34D. The minimum Gasteiger partial charge on any atom is -0.309 e. The molecule has 0 atom stereocenters. The molecule has 0 unspecified atom stereocenters. The number of hydrogen-bond donors (Lipinski definition) is 0. The maximum Gasteiger partial charge on any atom is 0.164 e. The topological polar surface area (TPSA) is 43.6 Å². The minimum atomic E-state index is -0.712. The summed E-state index contributed by atoms with van der Waals surface area (Å²) in [6.07, 6.45) is 0. The molecule has 10 aromatic rings. The van der Waals surface area contributed by atoms with E-state index >= 15 is 0 Å². The summed E-state index contributed by atoms with van der Waals surface area (Å²) >= 11 is 0. The van der Waals surface area contributed by atoms with Gasteiger partial charge in [-0.15, -0.1) is 0 Å². The van der Waals surface area contributed by atoms with E-state index in [2.05, 4.69) is 0 Å². The van der Waals surface area contributed by atoms with Crippen LogP contribution in [0.15, 0.2) is 206 Å². The Morgan fingerprint density at radius 2 is 0.818 bits per heavy atom. The van der Waals surface area contributed by atoms with Gasteiger partial charge in [-0.1, -0.05) is 176 Å². The van der Waals surface area contributed by atoms with Crippen molar-refractivity contribution in [1.82, 2.24) is 19.5 Å². The monoisotopic (exact) mass is 714 g/mol. The Morgan fingerprint density at radius 3 is 1.44 bits per heavy atom. The van der Waals surface area contributed by atoms with E-state index in [1.54, 1.807) is 24.3 Å². The van der Waals surface area contributed by atoms with Gasteiger partial charge >= 0.3 is 0 Å². The molecular weight excluding hydrogens is 669 g/mol. The maximum absolute atomic E-state index is 9.86. The van der Waals surface area contributed by atoms with Crippen LogP contribution >= 0.6 is 0 Å². The predicted octanol–water partition coefficient (Wildman–Crippen LogP) is 13.0. The third kappa shape index (κ3) is 6.06. The van der Waals surface area contributed by atoms with Crippen LogP contribution in [0.4, 0.5) is 0 Å². The van der Waals surface area contributed by atoms with Crippen molar-refractivity contribution >= 4 is 21.8 Å². The lowest BCUT2D eigenvalue weighted by Gasteiger charge is -2.13. The van der Waals surface area contributed by atoms with E-state index in [4.69, 9.17) is 27.3 Å². The number of para-hydroxylation sites is 2. The first-order valence-corrected chi connectivity index (χ1v) is 17.6. The van der Waals surface area contributed by atoms with Crippen LogP contribution in [0.5, 0.6) is 0 Å². The molecule has 0 bridgehead atoms. The third-order valence-electron chi connectivity index (χ3n) is 9.44. The second kappa shape index (κ2) is 13.8. The van der Waals surface area contributed by atoms with E-state index < -0.39 is 78.2 Å². The molecule has 0 spiro atoms. The zero-order valence-corrected chi connectivity index (χ0v) is 29.0. The van der Waals surface area contributed by atoms with Gasteiger partial charge in [-0.3, -0.25) is 0 Å². The number of fused-ring (bicyclic) bond motifs is 3. The van der Waals surface area contributed by atoms with Crippen molar-refractivity contribution in [3.05, 3.63) is 206 Å². The molecule has 55 heavy (non-hydrogen) atoms. The fourth-order valence-electron chi connectivity index (χ4n) is 6.76. The fourth-order valence-corrected chi connectivity index (χ4v) is 6.76. The normalized spacial score (nSPS) is 14.3. The Labute approximate surface area is 336 Å². The molecule has 8 aromatic carbocycles. The quantitative estimate of drug-likeness (QED) is 0.165. The van der Waals surface area contributed by atoms with Crippen LogP contribution in [0.2, 0.25) is 0 Å². The van der Waals surface area contributed by atoms with Crippen LogP contribution < -0.4 is 0 Å². The molecule has 4 nitrogen and oxygen atoms in total. The molecule has 0 saturated heterocycles. The van der Waals surface area contributed by atoms with Crippen molar-refractivity contribution in [3.8, 4) is 73.2 Å². The van der Waals surface area contributed by atoms with Crippen LogP contribution in [-0.4, -0.2) is 19.5 Å². The Hall–Kier alpha value is -7.43. The average molecular weight is 715 g/mol. The average Bonchev–Trinajstić information content (AvgIpc) is 3.72. The molecule has 0 fully saturated rings. The molecule has 258 valence electrons. The molecule has 0 aliphatic rings. The van der Waals surface area contributed by atoms with E-state index in [1.807, 2.05) is 109 Å². The molecule has 0 radical (unpaired) electrons. The summed E-state index contributed by atoms with van der Waals surface area (Å²) in [5.41, 5.74) is 4.89. The number of benzene rings is 8. The first-order valence-electron chi connectivity index (χ1n) is 23.6. The molecular formula is C51H34N4. The zero-order chi connectivity index (χ0) is 47.0.